The first-order valence-electron chi connectivity index (χ1n) is 3.03. The number of halogens is 1. The minimum atomic E-state index is -1.08. The molecule has 0 saturated heterocycles. The van der Waals surface area contributed by atoms with Crippen LogP contribution in [-0.2, 0) is 9.59 Å². The lowest BCUT2D eigenvalue weighted by molar-refractivity contribution is -0.133. The standard InChI is InChI=1S/C7H9ClO3/c1-4(2)5(7(10)11)3-6(8)9/h3H2,1-2H3,(H,10,11). The summed E-state index contributed by atoms with van der Waals surface area (Å²) in [7, 11) is 0. The third-order valence-electron chi connectivity index (χ3n) is 1.18. The quantitative estimate of drug-likeness (QED) is 0.525. The lowest BCUT2D eigenvalue weighted by Crippen LogP contribution is -2.05. The molecule has 11 heavy (non-hydrogen) atoms. The van der Waals surface area contributed by atoms with Gasteiger partial charge in [-0.3, -0.25) is 4.79 Å². The molecule has 1 N–H and O–H groups in total. The van der Waals surface area contributed by atoms with Crippen LogP contribution in [0.4, 0.5) is 0 Å². The average molecular weight is 177 g/mol. The van der Waals surface area contributed by atoms with Gasteiger partial charge in [-0.1, -0.05) is 5.57 Å². The monoisotopic (exact) mass is 176 g/mol. The van der Waals surface area contributed by atoms with E-state index >= 15 is 0 Å². The van der Waals surface area contributed by atoms with E-state index in [0.29, 0.717) is 5.57 Å². The molecule has 0 atom stereocenters. The van der Waals surface area contributed by atoms with Crippen LogP contribution < -0.4 is 0 Å². The summed E-state index contributed by atoms with van der Waals surface area (Å²) in [5.74, 6) is -1.08. The summed E-state index contributed by atoms with van der Waals surface area (Å²) >= 11 is 5.02. The van der Waals surface area contributed by atoms with Crippen molar-refractivity contribution in [2.75, 3.05) is 0 Å². The fourth-order valence-corrected chi connectivity index (χ4v) is 0.739. The molecule has 0 rings (SSSR count). The molecule has 4 heteroatoms. The van der Waals surface area contributed by atoms with E-state index in [1.54, 1.807) is 13.8 Å². The molecule has 0 unspecified atom stereocenters. The molecule has 0 aliphatic heterocycles. The van der Waals surface area contributed by atoms with Gasteiger partial charge in [0.1, 0.15) is 0 Å². The number of allylic oxidation sites excluding steroid dienone is 1. The molecule has 0 amide bonds. The van der Waals surface area contributed by atoms with Crippen molar-refractivity contribution in [3.05, 3.63) is 11.1 Å². The molecule has 0 aromatic rings. The number of hydrogen-bond acceptors (Lipinski definition) is 2. The van der Waals surface area contributed by atoms with Crippen molar-refractivity contribution in [2.45, 2.75) is 20.3 Å². The molecule has 0 radical (unpaired) electrons. The first kappa shape index (κ1) is 10.2. The van der Waals surface area contributed by atoms with E-state index < -0.39 is 11.2 Å². The van der Waals surface area contributed by atoms with Gasteiger partial charge >= 0.3 is 5.97 Å². The van der Waals surface area contributed by atoms with Gasteiger partial charge in [0.15, 0.2) is 0 Å². The Balaban J connectivity index is 4.52. The van der Waals surface area contributed by atoms with E-state index in [0.717, 1.165) is 0 Å². The van der Waals surface area contributed by atoms with Crippen molar-refractivity contribution >= 4 is 22.8 Å². The lowest BCUT2D eigenvalue weighted by Gasteiger charge is -1.99. The van der Waals surface area contributed by atoms with E-state index in [1.165, 1.54) is 0 Å². The Hall–Kier alpha value is -0.830. The minimum absolute atomic E-state index is 0.0741. The van der Waals surface area contributed by atoms with E-state index in [-0.39, 0.29) is 12.0 Å². The van der Waals surface area contributed by atoms with E-state index in [9.17, 15) is 9.59 Å². The van der Waals surface area contributed by atoms with Crippen LogP contribution in [-0.4, -0.2) is 16.3 Å². The Morgan fingerprint density at radius 2 is 1.82 bits per heavy atom. The number of hydrogen-bond donors (Lipinski definition) is 1. The van der Waals surface area contributed by atoms with Gasteiger partial charge in [0, 0.05) is 5.57 Å². The fraction of sp³-hybridized carbons (Fsp3) is 0.429. The van der Waals surface area contributed by atoms with Crippen molar-refractivity contribution < 1.29 is 14.7 Å². The van der Waals surface area contributed by atoms with Crippen LogP contribution >= 0.6 is 11.6 Å². The zero-order valence-electron chi connectivity index (χ0n) is 6.35. The minimum Gasteiger partial charge on any atom is -0.478 e. The van der Waals surface area contributed by atoms with E-state index in [4.69, 9.17) is 16.7 Å². The predicted octanol–water partition coefficient (Wildman–Crippen LogP) is 1.56. The lowest BCUT2D eigenvalue weighted by atomic mass is 10.1. The third kappa shape index (κ3) is 3.78. The third-order valence-corrected chi connectivity index (χ3v) is 1.31. The molecule has 0 aliphatic carbocycles. The van der Waals surface area contributed by atoms with Crippen molar-refractivity contribution in [2.24, 2.45) is 0 Å². The molecular weight excluding hydrogens is 168 g/mol. The van der Waals surface area contributed by atoms with Gasteiger partial charge in [0.05, 0.1) is 6.42 Å². The summed E-state index contributed by atoms with van der Waals surface area (Å²) in [5, 5.41) is 7.87. The summed E-state index contributed by atoms with van der Waals surface area (Å²) in [6.45, 7) is 3.26. The van der Waals surface area contributed by atoms with Gasteiger partial charge in [0.2, 0.25) is 5.24 Å². The smallest absolute Gasteiger partial charge is 0.331 e. The van der Waals surface area contributed by atoms with Gasteiger partial charge in [-0.05, 0) is 25.4 Å². The number of carboxylic acid groups (broad SMARTS) is 1. The van der Waals surface area contributed by atoms with Crippen molar-refractivity contribution in [1.82, 2.24) is 0 Å². The average Bonchev–Trinajstić information content (AvgIpc) is 1.81. The topological polar surface area (TPSA) is 54.4 Å². The molecule has 0 saturated carbocycles. The van der Waals surface area contributed by atoms with Crippen LogP contribution in [0.2, 0.25) is 0 Å². The summed E-state index contributed by atoms with van der Waals surface area (Å²) in [5.41, 5.74) is 0.677. The first-order valence-corrected chi connectivity index (χ1v) is 3.41. The van der Waals surface area contributed by atoms with Crippen LogP contribution in [0.1, 0.15) is 20.3 Å². The Morgan fingerprint density at radius 1 is 1.36 bits per heavy atom. The van der Waals surface area contributed by atoms with Gasteiger partial charge in [0.25, 0.3) is 0 Å². The largest absolute Gasteiger partial charge is 0.478 e. The molecule has 0 bridgehead atoms. The van der Waals surface area contributed by atoms with Gasteiger partial charge in [-0.25, -0.2) is 4.79 Å². The molecule has 0 aromatic heterocycles. The van der Waals surface area contributed by atoms with Crippen LogP contribution in [0.5, 0.6) is 0 Å². The first-order chi connectivity index (χ1) is 4.95. The van der Waals surface area contributed by atoms with E-state index in [2.05, 4.69) is 0 Å². The molecule has 0 spiro atoms. The number of carbonyl (C=O) groups is 2. The summed E-state index contributed by atoms with van der Waals surface area (Å²) in [6, 6.07) is 0. The second-order valence-corrected chi connectivity index (χ2v) is 2.74. The molecule has 0 aromatic carbocycles. The Labute approximate surface area is 69.7 Å². The maximum Gasteiger partial charge on any atom is 0.331 e. The highest BCUT2D eigenvalue weighted by Crippen LogP contribution is 2.09. The van der Waals surface area contributed by atoms with Gasteiger partial charge < -0.3 is 5.11 Å². The SMILES string of the molecule is CC(C)=C(CC(=O)Cl)C(=O)O. The molecule has 3 nitrogen and oxygen atoms in total. The summed E-state index contributed by atoms with van der Waals surface area (Å²) in [4.78, 5) is 20.7. The molecule has 0 fully saturated rings. The van der Waals surface area contributed by atoms with Crippen LogP contribution in [0.15, 0.2) is 11.1 Å². The van der Waals surface area contributed by atoms with E-state index in [1.807, 2.05) is 0 Å². The van der Waals surface area contributed by atoms with Gasteiger partial charge in [-0.15, -0.1) is 0 Å². The van der Waals surface area contributed by atoms with Crippen molar-refractivity contribution in [3.63, 3.8) is 0 Å². The Kier molecular flexibility index (Phi) is 3.82. The highest BCUT2D eigenvalue weighted by Gasteiger charge is 2.11. The Bertz CT molecular complexity index is 214. The normalized spacial score (nSPS) is 9.00. The van der Waals surface area contributed by atoms with Gasteiger partial charge in [-0.2, -0.15) is 0 Å². The molecular formula is C7H9ClO3. The second-order valence-electron chi connectivity index (χ2n) is 2.32. The molecule has 0 heterocycles. The second kappa shape index (κ2) is 4.13. The number of carboxylic acids is 1. The zero-order valence-corrected chi connectivity index (χ0v) is 7.10. The van der Waals surface area contributed by atoms with Crippen molar-refractivity contribution in [1.29, 1.82) is 0 Å². The zero-order chi connectivity index (χ0) is 9.02. The Morgan fingerprint density at radius 3 is 1.91 bits per heavy atom. The highest BCUT2D eigenvalue weighted by molar-refractivity contribution is 6.64. The van der Waals surface area contributed by atoms with Crippen molar-refractivity contribution in [3.8, 4) is 0 Å². The molecule has 0 aliphatic rings. The maximum atomic E-state index is 10.4. The number of rotatable bonds is 3. The predicted molar refractivity (Wildman–Crippen MR) is 41.5 cm³/mol. The van der Waals surface area contributed by atoms with Crippen LogP contribution in [0.25, 0.3) is 0 Å². The van der Waals surface area contributed by atoms with Crippen LogP contribution in [0.3, 0.4) is 0 Å². The molecule has 62 valence electrons. The number of aliphatic carboxylic acids is 1. The van der Waals surface area contributed by atoms with Crippen LogP contribution in [0, 0.1) is 0 Å². The highest BCUT2D eigenvalue weighted by atomic mass is 35.5. The maximum absolute atomic E-state index is 10.4. The summed E-state index contributed by atoms with van der Waals surface area (Å²) in [6.07, 6.45) is -0.209. The number of carbonyl (C=O) groups excluding carboxylic acids is 1. The fourth-order valence-electron chi connectivity index (χ4n) is 0.605. The summed E-state index contributed by atoms with van der Waals surface area (Å²) < 4.78 is 0.